The second-order valence-corrected chi connectivity index (χ2v) is 8.44. The lowest BCUT2D eigenvalue weighted by atomic mass is 9.96. The van der Waals surface area contributed by atoms with Gasteiger partial charge in [0.15, 0.2) is 5.79 Å². The summed E-state index contributed by atoms with van der Waals surface area (Å²) in [6.07, 6.45) is 1.18. The van der Waals surface area contributed by atoms with Crippen molar-refractivity contribution in [1.29, 1.82) is 0 Å². The minimum Gasteiger partial charge on any atom is -0.348 e. The van der Waals surface area contributed by atoms with Gasteiger partial charge in [0, 0.05) is 19.1 Å². The summed E-state index contributed by atoms with van der Waals surface area (Å²) in [5.74, 6) is 0.0989. The predicted octanol–water partition coefficient (Wildman–Crippen LogP) is 5.26. The van der Waals surface area contributed by atoms with E-state index < -0.39 is 5.79 Å². The van der Waals surface area contributed by atoms with Gasteiger partial charge < -0.3 is 9.47 Å². The Labute approximate surface area is 164 Å². The normalized spacial score (nSPS) is 20.3. The molecule has 2 atom stereocenters. The summed E-state index contributed by atoms with van der Waals surface area (Å²) >= 11 is 0. The molecular formula is C24H33NO2. The zero-order chi connectivity index (χ0) is 19.3. The van der Waals surface area contributed by atoms with E-state index in [-0.39, 0.29) is 6.10 Å². The van der Waals surface area contributed by atoms with E-state index in [1.165, 1.54) is 11.1 Å². The molecule has 1 fully saturated rings. The first-order valence-corrected chi connectivity index (χ1v) is 10.1. The molecule has 0 N–H and O–H groups in total. The average molecular weight is 368 g/mol. The second-order valence-electron chi connectivity index (χ2n) is 8.44. The third-order valence-electron chi connectivity index (χ3n) is 5.10. The number of benzene rings is 2. The number of ether oxygens (including phenoxy) is 2. The van der Waals surface area contributed by atoms with Gasteiger partial charge in [-0.15, -0.1) is 0 Å². The zero-order valence-electron chi connectivity index (χ0n) is 17.1. The van der Waals surface area contributed by atoms with Crippen LogP contribution in [0.25, 0.3) is 0 Å². The van der Waals surface area contributed by atoms with Crippen LogP contribution in [0.3, 0.4) is 0 Å². The summed E-state index contributed by atoms with van der Waals surface area (Å²) in [5, 5.41) is 0. The van der Waals surface area contributed by atoms with Gasteiger partial charge in [0.2, 0.25) is 0 Å². The van der Waals surface area contributed by atoms with Crippen LogP contribution in [0.4, 0.5) is 0 Å². The number of rotatable bonds is 8. The number of hydrogen-bond acceptors (Lipinski definition) is 3. The van der Waals surface area contributed by atoms with E-state index in [9.17, 15) is 0 Å². The minimum atomic E-state index is -0.495. The van der Waals surface area contributed by atoms with Crippen molar-refractivity contribution in [3.05, 3.63) is 71.8 Å². The Balaban J connectivity index is 1.86. The van der Waals surface area contributed by atoms with E-state index >= 15 is 0 Å². The molecule has 0 aromatic heterocycles. The molecule has 2 aromatic rings. The Morgan fingerprint density at radius 2 is 1.44 bits per heavy atom. The molecule has 1 saturated heterocycles. The van der Waals surface area contributed by atoms with Crippen LogP contribution in [0.5, 0.6) is 0 Å². The molecule has 0 radical (unpaired) electrons. The third kappa shape index (κ3) is 5.90. The van der Waals surface area contributed by atoms with Crippen molar-refractivity contribution in [2.24, 2.45) is 5.92 Å². The summed E-state index contributed by atoms with van der Waals surface area (Å²) < 4.78 is 12.2. The average Bonchev–Trinajstić information content (AvgIpc) is 3.00. The van der Waals surface area contributed by atoms with Gasteiger partial charge >= 0.3 is 0 Å². The second kappa shape index (κ2) is 9.01. The van der Waals surface area contributed by atoms with Crippen molar-refractivity contribution >= 4 is 0 Å². The summed E-state index contributed by atoms with van der Waals surface area (Å²) in [7, 11) is 0. The molecule has 27 heavy (non-hydrogen) atoms. The zero-order valence-corrected chi connectivity index (χ0v) is 17.1. The maximum Gasteiger partial charge on any atom is 0.163 e. The van der Waals surface area contributed by atoms with Crippen LogP contribution in [-0.4, -0.2) is 29.4 Å². The van der Waals surface area contributed by atoms with Gasteiger partial charge in [0.1, 0.15) is 0 Å². The van der Waals surface area contributed by atoms with Crippen LogP contribution in [0.2, 0.25) is 0 Å². The highest BCUT2D eigenvalue weighted by Gasteiger charge is 2.39. The Bertz CT molecular complexity index is 643. The summed E-state index contributed by atoms with van der Waals surface area (Å²) in [6.45, 7) is 11.1. The molecule has 1 heterocycles. The molecule has 1 aliphatic heterocycles. The van der Waals surface area contributed by atoms with Gasteiger partial charge in [0.05, 0.1) is 12.7 Å². The fraction of sp³-hybridized carbons (Fsp3) is 0.500. The van der Waals surface area contributed by atoms with E-state index in [1.54, 1.807) is 0 Å². The first kappa shape index (κ1) is 20.1. The monoisotopic (exact) mass is 367 g/mol. The highest BCUT2D eigenvalue weighted by Crippen LogP contribution is 2.30. The molecule has 0 amide bonds. The largest absolute Gasteiger partial charge is 0.348 e. The van der Waals surface area contributed by atoms with Crippen LogP contribution >= 0.6 is 0 Å². The van der Waals surface area contributed by atoms with Crippen molar-refractivity contribution in [2.75, 3.05) is 6.61 Å². The first-order valence-electron chi connectivity index (χ1n) is 10.1. The van der Waals surface area contributed by atoms with Crippen molar-refractivity contribution in [3.63, 3.8) is 0 Å². The fourth-order valence-electron chi connectivity index (χ4n) is 3.85. The number of hydrogen-bond donors (Lipinski definition) is 0. The molecule has 2 unspecified atom stereocenters. The minimum absolute atomic E-state index is 0.0924. The molecule has 3 nitrogen and oxygen atoms in total. The molecule has 1 aliphatic rings. The first-order chi connectivity index (χ1) is 12.9. The maximum atomic E-state index is 6.30. The number of nitrogens with zero attached hydrogens (tertiary/aromatic N) is 1. The van der Waals surface area contributed by atoms with Crippen LogP contribution in [0.1, 0.15) is 45.2 Å². The van der Waals surface area contributed by atoms with Crippen LogP contribution in [0, 0.1) is 5.92 Å². The van der Waals surface area contributed by atoms with Crippen LogP contribution in [-0.2, 0) is 22.6 Å². The molecule has 2 aromatic carbocycles. The molecular weight excluding hydrogens is 334 g/mol. The molecule has 0 spiro atoms. The fourth-order valence-corrected chi connectivity index (χ4v) is 3.85. The molecule has 3 rings (SSSR count). The Morgan fingerprint density at radius 3 is 1.85 bits per heavy atom. The Morgan fingerprint density at radius 1 is 0.926 bits per heavy atom. The smallest absolute Gasteiger partial charge is 0.163 e. The van der Waals surface area contributed by atoms with Crippen LogP contribution < -0.4 is 0 Å². The lowest BCUT2D eigenvalue weighted by Crippen LogP contribution is -2.45. The van der Waals surface area contributed by atoms with Gasteiger partial charge in [0.25, 0.3) is 0 Å². The molecule has 146 valence electrons. The lowest BCUT2D eigenvalue weighted by molar-refractivity contribution is -0.148. The van der Waals surface area contributed by atoms with E-state index in [0.717, 1.165) is 19.5 Å². The Kier molecular flexibility index (Phi) is 6.69. The van der Waals surface area contributed by atoms with Crippen LogP contribution in [0.15, 0.2) is 60.7 Å². The summed E-state index contributed by atoms with van der Waals surface area (Å²) in [5.41, 5.74) is 2.67. The van der Waals surface area contributed by atoms with Gasteiger partial charge in [-0.05, 0) is 37.3 Å². The Hall–Kier alpha value is -1.68. The SMILES string of the molecule is CC(C)CC(C1COC(C)(C)O1)N(Cc1ccccc1)Cc1ccccc1. The van der Waals surface area contributed by atoms with E-state index in [4.69, 9.17) is 9.47 Å². The van der Waals surface area contributed by atoms with Crippen molar-refractivity contribution in [3.8, 4) is 0 Å². The van der Waals surface area contributed by atoms with Gasteiger partial charge in [-0.2, -0.15) is 0 Å². The summed E-state index contributed by atoms with van der Waals surface area (Å²) in [6, 6.07) is 21.8. The third-order valence-corrected chi connectivity index (χ3v) is 5.10. The van der Waals surface area contributed by atoms with Gasteiger partial charge in [-0.25, -0.2) is 0 Å². The lowest BCUT2D eigenvalue weighted by Gasteiger charge is -2.36. The maximum absolute atomic E-state index is 6.30. The molecule has 0 aliphatic carbocycles. The van der Waals surface area contributed by atoms with Crippen molar-refractivity contribution < 1.29 is 9.47 Å². The topological polar surface area (TPSA) is 21.7 Å². The van der Waals surface area contributed by atoms with Gasteiger partial charge in [-0.1, -0.05) is 74.5 Å². The molecule has 0 bridgehead atoms. The predicted molar refractivity (Wildman–Crippen MR) is 110 cm³/mol. The quantitative estimate of drug-likeness (QED) is 0.636. The highest BCUT2D eigenvalue weighted by molar-refractivity contribution is 5.17. The highest BCUT2D eigenvalue weighted by atomic mass is 16.7. The van der Waals surface area contributed by atoms with E-state index in [2.05, 4.69) is 79.4 Å². The van der Waals surface area contributed by atoms with Crippen molar-refractivity contribution in [2.45, 2.75) is 65.1 Å². The summed E-state index contributed by atoms with van der Waals surface area (Å²) in [4.78, 5) is 2.57. The van der Waals surface area contributed by atoms with Gasteiger partial charge in [-0.3, -0.25) is 4.90 Å². The standard InChI is InChI=1S/C24H33NO2/c1-19(2)15-22(23-18-26-24(3,4)27-23)25(16-20-11-7-5-8-12-20)17-21-13-9-6-10-14-21/h5-14,19,22-23H,15-18H2,1-4H3. The van der Waals surface area contributed by atoms with Crippen molar-refractivity contribution in [1.82, 2.24) is 4.90 Å². The van der Waals surface area contributed by atoms with E-state index in [0.29, 0.717) is 18.6 Å². The molecule has 3 heteroatoms. The van der Waals surface area contributed by atoms with E-state index in [1.807, 2.05) is 13.8 Å². The molecule has 0 saturated carbocycles.